The first-order valence-corrected chi connectivity index (χ1v) is 10.3. The normalized spacial score (nSPS) is 22.4. The van der Waals surface area contributed by atoms with Crippen LogP contribution in [0.25, 0.3) is 0 Å². The van der Waals surface area contributed by atoms with Gasteiger partial charge in [-0.05, 0) is 27.0 Å². The minimum atomic E-state index is -0.101. The lowest BCUT2D eigenvalue weighted by atomic mass is 9.99. The molecule has 0 aromatic carbocycles. The lowest BCUT2D eigenvalue weighted by Gasteiger charge is -2.34. The first-order chi connectivity index (χ1) is 13.9. The van der Waals surface area contributed by atoms with E-state index in [1.807, 2.05) is 39.2 Å². The lowest BCUT2D eigenvalue weighted by molar-refractivity contribution is -0.00710. The summed E-state index contributed by atoms with van der Waals surface area (Å²) < 4.78 is 7.54. The number of carbonyl (C=O) groups excluding carboxylic acids is 1. The number of amides is 1. The average Bonchev–Trinajstić information content (AvgIpc) is 3.03. The van der Waals surface area contributed by atoms with Gasteiger partial charge in [-0.25, -0.2) is 4.98 Å². The number of carbonyl (C=O) groups is 1. The molecular weight excluding hydrogens is 368 g/mol. The molecule has 2 aromatic rings. The van der Waals surface area contributed by atoms with Gasteiger partial charge in [0.15, 0.2) is 0 Å². The van der Waals surface area contributed by atoms with Crippen LogP contribution in [0.4, 0.5) is 5.82 Å². The van der Waals surface area contributed by atoms with Gasteiger partial charge in [0, 0.05) is 63.5 Å². The summed E-state index contributed by atoms with van der Waals surface area (Å²) >= 11 is 0. The fourth-order valence-corrected chi connectivity index (χ4v) is 4.28. The summed E-state index contributed by atoms with van der Waals surface area (Å²) in [6.07, 6.45) is 2.51. The fourth-order valence-electron chi connectivity index (χ4n) is 4.28. The first-order valence-electron chi connectivity index (χ1n) is 10.3. The third-order valence-corrected chi connectivity index (χ3v) is 5.81. The van der Waals surface area contributed by atoms with E-state index >= 15 is 0 Å². The second-order valence-electron chi connectivity index (χ2n) is 8.09. The molecule has 1 N–H and O–H groups in total. The number of likely N-dealkylation sites (N-methyl/N-ethyl adjacent to an activating group) is 1. The van der Waals surface area contributed by atoms with Gasteiger partial charge in [-0.15, -0.1) is 0 Å². The van der Waals surface area contributed by atoms with Gasteiger partial charge in [0.25, 0.3) is 5.91 Å². The van der Waals surface area contributed by atoms with E-state index in [-0.39, 0.29) is 18.1 Å². The number of rotatable bonds is 4. The first kappa shape index (κ1) is 19.8. The van der Waals surface area contributed by atoms with Gasteiger partial charge in [0.1, 0.15) is 11.5 Å². The van der Waals surface area contributed by atoms with Crippen molar-refractivity contribution in [1.82, 2.24) is 25.0 Å². The molecule has 0 saturated carbocycles. The zero-order valence-electron chi connectivity index (χ0n) is 17.7. The molecule has 2 aliphatic heterocycles. The SMILES string of the molecule is C[C@@H]1Cc2c(nn(C)c2C(=O)NCc2cccnc2N2CCN(C)CC2)[C@H](C)O1. The predicted octanol–water partition coefficient (Wildman–Crippen LogP) is 1.52. The number of anilines is 1. The van der Waals surface area contributed by atoms with Crippen molar-refractivity contribution >= 4 is 11.7 Å². The van der Waals surface area contributed by atoms with Gasteiger partial charge in [-0.1, -0.05) is 6.07 Å². The Bertz CT molecular complexity index is 887. The van der Waals surface area contributed by atoms with Crippen molar-refractivity contribution in [3.63, 3.8) is 0 Å². The molecule has 1 amide bonds. The largest absolute Gasteiger partial charge is 0.369 e. The molecule has 1 saturated heterocycles. The van der Waals surface area contributed by atoms with Crippen molar-refractivity contribution in [3.8, 4) is 0 Å². The minimum Gasteiger partial charge on any atom is -0.369 e. The van der Waals surface area contributed by atoms with E-state index in [9.17, 15) is 4.79 Å². The van der Waals surface area contributed by atoms with Crippen LogP contribution in [0.3, 0.4) is 0 Å². The molecule has 0 radical (unpaired) electrons. The second-order valence-corrected chi connectivity index (χ2v) is 8.09. The van der Waals surface area contributed by atoms with Crippen molar-refractivity contribution in [2.75, 3.05) is 38.1 Å². The molecule has 156 valence electrons. The van der Waals surface area contributed by atoms with Crippen LogP contribution < -0.4 is 10.2 Å². The van der Waals surface area contributed by atoms with E-state index in [4.69, 9.17) is 4.74 Å². The number of nitrogens with one attached hydrogen (secondary N) is 1. The van der Waals surface area contributed by atoms with Crippen molar-refractivity contribution in [2.45, 2.75) is 39.0 Å². The fraction of sp³-hybridized carbons (Fsp3) is 0.571. The molecular formula is C21H30N6O2. The van der Waals surface area contributed by atoms with Gasteiger partial charge in [-0.2, -0.15) is 5.10 Å². The summed E-state index contributed by atoms with van der Waals surface area (Å²) in [6, 6.07) is 3.96. The molecule has 4 heterocycles. The highest BCUT2D eigenvalue weighted by Crippen LogP contribution is 2.31. The smallest absolute Gasteiger partial charge is 0.270 e. The minimum absolute atomic E-state index is 0.0791. The highest BCUT2D eigenvalue weighted by molar-refractivity contribution is 5.94. The zero-order chi connectivity index (χ0) is 20.5. The Kier molecular flexibility index (Phi) is 5.56. The maximum atomic E-state index is 13.1. The summed E-state index contributed by atoms with van der Waals surface area (Å²) in [5, 5.41) is 7.64. The van der Waals surface area contributed by atoms with Crippen molar-refractivity contribution < 1.29 is 9.53 Å². The third-order valence-electron chi connectivity index (χ3n) is 5.81. The molecule has 0 bridgehead atoms. The zero-order valence-corrected chi connectivity index (χ0v) is 17.7. The highest BCUT2D eigenvalue weighted by Gasteiger charge is 2.31. The summed E-state index contributed by atoms with van der Waals surface area (Å²) in [4.78, 5) is 22.3. The standard InChI is InChI=1S/C21H30N6O2/c1-14-12-17-18(15(2)29-14)24-26(4)19(17)21(28)23-13-16-6-5-7-22-20(16)27-10-8-25(3)9-11-27/h5-7,14-15H,8-13H2,1-4H3,(H,23,28)/t14-,15+/m1/s1. The number of pyridine rings is 1. The Morgan fingerprint density at radius 3 is 2.76 bits per heavy atom. The van der Waals surface area contributed by atoms with Gasteiger partial charge in [-0.3, -0.25) is 9.48 Å². The summed E-state index contributed by atoms with van der Waals surface area (Å²) in [5.41, 5.74) is 3.54. The number of nitrogens with zero attached hydrogens (tertiary/aromatic N) is 5. The van der Waals surface area contributed by atoms with E-state index in [0.717, 1.165) is 48.8 Å². The molecule has 0 aliphatic carbocycles. The molecule has 2 aromatic heterocycles. The Morgan fingerprint density at radius 2 is 2.00 bits per heavy atom. The summed E-state index contributed by atoms with van der Waals surface area (Å²) in [5.74, 6) is 0.860. The molecule has 2 aliphatic rings. The van der Waals surface area contributed by atoms with E-state index in [1.165, 1.54) is 0 Å². The number of hydrogen-bond donors (Lipinski definition) is 1. The van der Waals surface area contributed by atoms with Gasteiger partial charge >= 0.3 is 0 Å². The topological polar surface area (TPSA) is 75.5 Å². The quantitative estimate of drug-likeness (QED) is 0.842. The Hall–Kier alpha value is -2.45. The van der Waals surface area contributed by atoms with E-state index in [2.05, 4.69) is 32.2 Å². The molecule has 4 rings (SSSR count). The number of ether oxygens (including phenoxy) is 1. The Morgan fingerprint density at radius 1 is 1.24 bits per heavy atom. The molecule has 8 heteroatoms. The third kappa shape index (κ3) is 4.00. The van der Waals surface area contributed by atoms with Crippen LogP contribution in [-0.2, 0) is 24.8 Å². The predicted molar refractivity (Wildman–Crippen MR) is 111 cm³/mol. The second kappa shape index (κ2) is 8.12. The maximum Gasteiger partial charge on any atom is 0.270 e. The maximum absolute atomic E-state index is 13.1. The van der Waals surface area contributed by atoms with Gasteiger partial charge in [0.05, 0.1) is 17.9 Å². The number of piperazine rings is 1. The van der Waals surface area contributed by atoms with Crippen LogP contribution in [0.1, 0.15) is 47.3 Å². The summed E-state index contributed by atoms with van der Waals surface area (Å²) in [7, 11) is 3.96. The number of hydrogen-bond acceptors (Lipinski definition) is 6. The number of fused-ring (bicyclic) bond motifs is 1. The Labute approximate surface area is 171 Å². The monoisotopic (exact) mass is 398 g/mol. The van der Waals surface area contributed by atoms with E-state index < -0.39 is 0 Å². The number of aryl methyl sites for hydroxylation is 1. The van der Waals surface area contributed by atoms with Crippen molar-refractivity contribution in [1.29, 1.82) is 0 Å². The Balaban J connectivity index is 1.50. The molecule has 29 heavy (non-hydrogen) atoms. The van der Waals surface area contributed by atoms with Crippen molar-refractivity contribution in [2.24, 2.45) is 7.05 Å². The van der Waals surface area contributed by atoms with Gasteiger partial charge in [0.2, 0.25) is 0 Å². The molecule has 8 nitrogen and oxygen atoms in total. The van der Waals surface area contributed by atoms with Crippen molar-refractivity contribution in [3.05, 3.63) is 40.8 Å². The van der Waals surface area contributed by atoms with Crippen LogP contribution in [0, 0.1) is 0 Å². The summed E-state index contributed by atoms with van der Waals surface area (Å²) in [6.45, 7) is 8.38. The molecule has 0 spiro atoms. The average molecular weight is 399 g/mol. The lowest BCUT2D eigenvalue weighted by Crippen LogP contribution is -2.45. The van der Waals surface area contributed by atoms with Crippen LogP contribution in [0.2, 0.25) is 0 Å². The van der Waals surface area contributed by atoms with Crippen LogP contribution in [-0.4, -0.2) is 64.9 Å². The molecule has 2 atom stereocenters. The highest BCUT2D eigenvalue weighted by atomic mass is 16.5. The van der Waals surface area contributed by atoms with Crippen LogP contribution >= 0.6 is 0 Å². The van der Waals surface area contributed by atoms with Crippen LogP contribution in [0.5, 0.6) is 0 Å². The van der Waals surface area contributed by atoms with E-state index in [1.54, 1.807) is 4.68 Å². The van der Waals surface area contributed by atoms with Gasteiger partial charge < -0.3 is 19.9 Å². The number of aromatic nitrogens is 3. The van der Waals surface area contributed by atoms with Crippen LogP contribution in [0.15, 0.2) is 18.3 Å². The molecule has 1 fully saturated rings. The van der Waals surface area contributed by atoms with E-state index in [0.29, 0.717) is 18.7 Å². The molecule has 0 unspecified atom stereocenters.